The van der Waals surface area contributed by atoms with Crippen molar-refractivity contribution in [1.29, 1.82) is 0 Å². The largest absolute Gasteiger partial charge is 0.289 e. The van der Waals surface area contributed by atoms with Crippen molar-refractivity contribution in [2.45, 2.75) is 31.3 Å². The van der Waals surface area contributed by atoms with E-state index in [9.17, 15) is 18.4 Å². The van der Waals surface area contributed by atoms with E-state index in [1.807, 2.05) is 36.4 Å². The number of amides is 1. The fourth-order valence-corrected chi connectivity index (χ4v) is 5.40. The fourth-order valence-electron chi connectivity index (χ4n) is 3.48. The zero-order valence-corrected chi connectivity index (χ0v) is 17.1. The minimum absolute atomic E-state index is 0.00264. The van der Waals surface area contributed by atoms with Gasteiger partial charge in [0, 0.05) is 11.9 Å². The summed E-state index contributed by atoms with van der Waals surface area (Å²) in [6, 6.07) is 20.3. The summed E-state index contributed by atoms with van der Waals surface area (Å²) < 4.78 is 28.7. The quantitative estimate of drug-likeness (QED) is 0.459. The average molecular weight is 413 g/mol. The van der Waals surface area contributed by atoms with Crippen molar-refractivity contribution in [3.8, 4) is 0 Å². The minimum Gasteiger partial charge on any atom is -0.289 e. The predicted molar refractivity (Wildman–Crippen MR) is 112 cm³/mol. The van der Waals surface area contributed by atoms with Crippen LogP contribution in [0.2, 0.25) is 0 Å². The van der Waals surface area contributed by atoms with Gasteiger partial charge in [-0.1, -0.05) is 80.6 Å². The molecule has 0 unspecified atom stereocenters. The SMILES string of the molecule is CC(C)[C@@H](C(=O)NO)N(Cc1ccccc1)S(=O)(=O)c1cccc2ccccc12. The third-order valence-corrected chi connectivity index (χ3v) is 6.72. The van der Waals surface area contributed by atoms with Crippen LogP contribution >= 0.6 is 0 Å². The highest BCUT2D eigenvalue weighted by Crippen LogP contribution is 2.30. The summed E-state index contributed by atoms with van der Waals surface area (Å²) in [6.45, 7) is 3.50. The lowest BCUT2D eigenvalue weighted by molar-refractivity contribution is -0.134. The molecule has 1 amide bonds. The maximum atomic E-state index is 13.8. The average Bonchev–Trinajstić information content (AvgIpc) is 2.73. The van der Waals surface area contributed by atoms with Gasteiger partial charge in [-0.25, -0.2) is 13.9 Å². The Morgan fingerprint density at radius 2 is 1.59 bits per heavy atom. The molecule has 0 aliphatic heterocycles. The van der Waals surface area contributed by atoms with E-state index in [-0.39, 0.29) is 17.4 Å². The second-order valence-corrected chi connectivity index (χ2v) is 9.04. The van der Waals surface area contributed by atoms with Crippen molar-refractivity contribution >= 4 is 26.7 Å². The highest BCUT2D eigenvalue weighted by molar-refractivity contribution is 7.89. The number of rotatable bonds is 7. The molecule has 0 heterocycles. The summed E-state index contributed by atoms with van der Waals surface area (Å²) in [5, 5.41) is 10.6. The summed E-state index contributed by atoms with van der Waals surface area (Å²) in [5.41, 5.74) is 2.37. The Morgan fingerprint density at radius 1 is 0.966 bits per heavy atom. The smallest absolute Gasteiger partial charge is 0.262 e. The number of hydroxylamine groups is 1. The molecular weight excluding hydrogens is 388 g/mol. The molecule has 6 nitrogen and oxygen atoms in total. The molecule has 3 aromatic rings. The lowest BCUT2D eigenvalue weighted by Crippen LogP contribution is -2.51. The third-order valence-electron chi connectivity index (χ3n) is 4.84. The van der Waals surface area contributed by atoms with E-state index in [0.29, 0.717) is 5.39 Å². The molecule has 0 aliphatic carbocycles. The van der Waals surface area contributed by atoms with E-state index < -0.39 is 22.0 Å². The molecule has 3 rings (SSSR count). The van der Waals surface area contributed by atoms with Gasteiger partial charge in [0.2, 0.25) is 10.0 Å². The van der Waals surface area contributed by atoms with Crippen molar-refractivity contribution in [2.24, 2.45) is 5.92 Å². The topological polar surface area (TPSA) is 86.7 Å². The Balaban J connectivity index is 2.19. The number of benzene rings is 3. The number of carbonyl (C=O) groups excluding carboxylic acids is 1. The van der Waals surface area contributed by atoms with E-state index in [0.717, 1.165) is 10.9 Å². The summed E-state index contributed by atoms with van der Waals surface area (Å²) in [7, 11) is -4.06. The Hall–Kier alpha value is -2.74. The Labute approximate surface area is 170 Å². The van der Waals surface area contributed by atoms with Crippen LogP contribution in [0.15, 0.2) is 77.7 Å². The van der Waals surface area contributed by atoms with Crippen LogP contribution in [0.1, 0.15) is 19.4 Å². The van der Waals surface area contributed by atoms with Gasteiger partial charge in [-0.15, -0.1) is 0 Å². The van der Waals surface area contributed by atoms with Crippen LogP contribution in [0.25, 0.3) is 10.8 Å². The van der Waals surface area contributed by atoms with Gasteiger partial charge in [0.05, 0.1) is 4.90 Å². The lowest BCUT2D eigenvalue weighted by atomic mass is 10.0. The molecule has 3 aromatic carbocycles. The number of carbonyl (C=O) groups is 1. The van der Waals surface area contributed by atoms with Crippen LogP contribution in [0.5, 0.6) is 0 Å². The normalized spacial score (nSPS) is 13.0. The lowest BCUT2D eigenvalue weighted by Gasteiger charge is -2.32. The van der Waals surface area contributed by atoms with Crippen LogP contribution in [0, 0.1) is 5.92 Å². The number of hydrogen-bond donors (Lipinski definition) is 2. The molecule has 0 fully saturated rings. The van der Waals surface area contributed by atoms with Crippen molar-refractivity contribution in [3.63, 3.8) is 0 Å². The third kappa shape index (κ3) is 4.32. The van der Waals surface area contributed by atoms with Crippen LogP contribution in [-0.4, -0.2) is 29.9 Å². The van der Waals surface area contributed by atoms with E-state index in [1.165, 1.54) is 4.31 Å². The van der Waals surface area contributed by atoms with Gasteiger partial charge in [-0.05, 0) is 22.9 Å². The van der Waals surface area contributed by atoms with Gasteiger partial charge in [0.25, 0.3) is 5.91 Å². The van der Waals surface area contributed by atoms with Crippen molar-refractivity contribution in [1.82, 2.24) is 9.79 Å². The Morgan fingerprint density at radius 3 is 2.24 bits per heavy atom. The van der Waals surface area contributed by atoms with Crippen molar-refractivity contribution in [2.75, 3.05) is 0 Å². The predicted octanol–water partition coefficient (Wildman–Crippen LogP) is 3.56. The van der Waals surface area contributed by atoms with Crippen LogP contribution in [0.4, 0.5) is 0 Å². The minimum atomic E-state index is -4.06. The Kier molecular flexibility index (Phi) is 6.32. The monoisotopic (exact) mass is 412 g/mol. The van der Waals surface area contributed by atoms with Crippen LogP contribution in [-0.2, 0) is 21.4 Å². The molecule has 0 aliphatic rings. The number of nitrogens with zero attached hydrogens (tertiary/aromatic N) is 1. The van der Waals surface area contributed by atoms with Gasteiger partial charge in [0.1, 0.15) is 6.04 Å². The molecule has 0 spiro atoms. The molecule has 1 atom stereocenters. The van der Waals surface area contributed by atoms with E-state index in [4.69, 9.17) is 0 Å². The van der Waals surface area contributed by atoms with Gasteiger partial charge in [-0.2, -0.15) is 4.31 Å². The number of sulfonamides is 1. The highest BCUT2D eigenvalue weighted by Gasteiger charge is 2.38. The zero-order chi connectivity index (χ0) is 21.0. The molecule has 0 radical (unpaired) electrons. The van der Waals surface area contributed by atoms with E-state index in [1.54, 1.807) is 55.7 Å². The highest BCUT2D eigenvalue weighted by atomic mass is 32.2. The Bertz CT molecular complexity index is 1090. The fraction of sp³-hybridized carbons (Fsp3) is 0.227. The molecule has 0 bridgehead atoms. The molecule has 0 saturated heterocycles. The van der Waals surface area contributed by atoms with Crippen molar-refractivity contribution in [3.05, 3.63) is 78.4 Å². The second-order valence-electron chi connectivity index (χ2n) is 7.18. The van der Waals surface area contributed by atoms with E-state index >= 15 is 0 Å². The standard InChI is InChI=1S/C22H24N2O4S/c1-16(2)21(22(25)23-26)24(15-17-9-4-3-5-10-17)29(27,28)20-14-8-12-18-11-6-7-13-19(18)20/h3-14,16,21,26H,15H2,1-2H3,(H,23,25)/t21-/m0/s1. The van der Waals surface area contributed by atoms with Crippen molar-refractivity contribution < 1.29 is 18.4 Å². The summed E-state index contributed by atoms with van der Waals surface area (Å²) in [5.74, 6) is -1.13. The van der Waals surface area contributed by atoms with Gasteiger partial charge in [-0.3, -0.25) is 10.0 Å². The summed E-state index contributed by atoms with van der Waals surface area (Å²) >= 11 is 0. The first-order chi connectivity index (χ1) is 13.9. The molecular formula is C22H24N2O4S. The van der Waals surface area contributed by atoms with Gasteiger partial charge >= 0.3 is 0 Å². The molecule has 0 saturated carbocycles. The summed E-state index contributed by atoms with van der Waals surface area (Å²) in [6.07, 6.45) is 0. The van der Waals surface area contributed by atoms with E-state index in [2.05, 4.69) is 0 Å². The molecule has 152 valence electrons. The molecule has 7 heteroatoms. The first kappa shape index (κ1) is 21.0. The second kappa shape index (κ2) is 8.73. The first-order valence-corrected chi connectivity index (χ1v) is 10.8. The zero-order valence-electron chi connectivity index (χ0n) is 16.3. The van der Waals surface area contributed by atoms with Gasteiger partial charge in [0.15, 0.2) is 0 Å². The number of hydrogen-bond acceptors (Lipinski definition) is 4. The molecule has 29 heavy (non-hydrogen) atoms. The van der Waals surface area contributed by atoms with Gasteiger partial charge < -0.3 is 0 Å². The van der Waals surface area contributed by atoms with Crippen LogP contribution in [0.3, 0.4) is 0 Å². The number of nitrogens with one attached hydrogen (secondary N) is 1. The maximum absolute atomic E-state index is 13.8. The first-order valence-electron chi connectivity index (χ1n) is 9.33. The molecule has 2 N–H and O–H groups in total. The molecule has 0 aromatic heterocycles. The summed E-state index contributed by atoms with van der Waals surface area (Å²) in [4.78, 5) is 12.6. The number of fused-ring (bicyclic) bond motifs is 1. The maximum Gasteiger partial charge on any atom is 0.262 e. The van der Waals surface area contributed by atoms with Crippen LogP contribution < -0.4 is 5.48 Å².